The first kappa shape index (κ1) is 16.5. The van der Waals surface area contributed by atoms with Gasteiger partial charge in [-0.25, -0.2) is 0 Å². The van der Waals surface area contributed by atoms with Gasteiger partial charge in [-0.1, -0.05) is 62.4 Å². The van der Waals surface area contributed by atoms with Crippen molar-refractivity contribution in [3.8, 4) is 0 Å². The Bertz CT molecular complexity index is 488. The molecule has 0 spiro atoms. The van der Waals surface area contributed by atoms with Crippen molar-refractivity contribution in [1.82, 2.24) is 5.32 Å². The summed E-state index contributed by atoms with van der Waals surface area (Å²) in [5.74, 6) is 0.721. The lowest BCUT2D eigenvalue weighted by atomic mass is 9.84. The monoisotopic (exact) mass is 315 g/mol. The van der Waals surface area contributed by atoms with Gasteiger partial charge in [-0.3, -0.25) is 4.79 Å². The Kier molecular flexibility index (Phi) is 5.71. The third-order valence-electron chi connectivity index (χ3n) is 5.50. The Labute approximate surface area is 139 Å². The minimum absolute atomic E-state index is 0.0127. The minimum Gasteiger partial charge on any atom is -0.454 e. The fourth-order valence-corrected chi connectivity index (χ4v) is 4.09. The minimum atomic E-state index is -0.420. The van der Waals surface area contributed by atoms with E-state index in [0.29, 0.717) is 6.42 Å². The number of carbonyl (C=O) groups excluding carboxylic acids is 1. The van der Waals surface area contributed by atoms with Gasteiger partial charge in [-0.15, -0.1) is 0 Å². The van der Waals surface area contributed by atoms with E-state index in [4.69, 9.17) is 4.74 Å². The molecule has 0 unspecified atom stereocenters. The van der Waals surface area contributed by atoms with E-state index in [0.717, 1.165) is 43.8 Å². The number of nitrogens with one attached hydrogen (secondary N) is 1. The predicted molar refractivity (Wildman–Crippen MR) is 92.1 cm³/mol. The molecule has 23 heavy (non-hydrogen) atoms. The zero-order chi connectivity index (χ0) is 16.0. The summed E-state index contributed by atoms with van der Waals surface area (Å²) in [6, 6.07) is 10.3. The second-order valence-electron chi connectivity index (χ2n) is 7.13. The van der Waals surface area contributed by atoms with Gasteiger partial charge in [0.05, 0.1) is 0 Å². The van der Waals surface area contributed by atoms with Crippen molar-refractivity contribution in [2.45, 2.75) is 63.4 Å². The summed E-state index contributed by atoms with van der Waals surface area (Å²) in [5.41, 5.74) is 0.725. The average molecular weight is 315 g/mol. The van der Waals surface area contributed by atoms with Crippen LogP contribution in [-0.2, 0) is 15.1 Å². The maximum Gasteiger partial charge on any atom is 0.306 e. The highest BCUT2D eigenvalue weighted by molar-refractivity contribution is 5.70. The molecule has 3 rings (SSSR count). The number of rotatable bonds is 5. The molecule has 1 aromatic rings. The molecule has 3 nitrogen and oxygen atoms in total. The van der Waals surface area contributed by atoms with E-state index in [-0.39, 0.29) is 5.97 Å². The molecule has 0 atom stereocenters. The van der Waals surface area contributed by atoms with Crippen LogP contribution in [0.2, 0.25) is 0 Å². The van der Waals surface area contributed by atoms with Crippen LogP contribution < -0.4 is 5.32 Å². The number of hydrogen-bond donors (Lipinski definition) is 1. The van der Waals surface area contributed by atoms with Crippen molar-refractivity contribution in [3.05, 3.63) is 35.9 Å². The van der Waals surface area contributed by atoms with Crippen molar-refractivity contribution in [1.29, 1.82) is 0 Å². The first-order valence-electron chi connectivity index (χ1n) is 9.27. The zero-order valence-electron chi connectivity index (χ0n) is 14.1. The summed E-state index contributed by atoms with van der Waals surface area (Å²) >= 11 is 0. The summed E-state index contributed by atoms with van der Waals surface area (Å²) in [7, 11) is 0. The molecule has 1 saturated carbocycles. The van der Waals surface area contributed by atoms with Crippen molar-refractivity contribution in [2.75, 3.05) is 13.1 Å². The molecule has 126 valence electrons. The molecule has 1 N–H and O–H groups in total. The SMILES string of the molecule is O=C(CCC1CCCCC1)OC1(c2ccccc2)CCNCC1. The average Bonchev–Trinajstić information content (AvgIpc) is 2.62. The number of hydrogen-bond acceptors (Lipinski definition) is 3. The summed E-state index contributed by atoms with van der Waals surface area (Å²) in [5, 5.41) is 3.37. The van der Waals surface area contributed by atoms with Gasteiger partial charge in [-0.2, -0.15) is 0 Å². The largest absolute Gasteiger partial charge is 0.454 e. The van der Waals surface area contributed by atoms with Gasteiger partial charge in [0.25, 0.3) is 0 Å². The normalized spacial score (nSPS) is 21.7. The van der Waals surface area contributed by atoms with Gasteiger partial charge in [0, 0.05) is 19.3 Å². The molecule has 2 aliphatic rings. The molecule has 1 aliphatic heterocycles. The predicted octanol–water partition coefficient (Wildman–Crippen LogP) is 4.17. The lowest BCUT2D eigenvalue weighted by Gasteiger charge is -2.37. The fraction of sp³-hybridized carbons (Fsp3) is 0.650. The first-order valence-corrected chi connectivity index (χ1v) is 9.27. The first-order chi connectivity index (χ1) is 11.3. The van der Waals surface area contributed by atoms with E-state index in [2.05, 4.69) is 17.4 Å². The van der Waals surface area contributed by atoms with E-state index in [9.17, 15) is 4.79 Å². The highest BCUT2D eigenvalue weighted by Gasteiger charge is 2.37. The topological polar surface area (TPSA) is 38.3 Å². The van der Waals surface area contributed by atoms with Gasteiger partial charge < -0.3 is 10.1 Å². The van der Waals surface area contributed by atoms with Gasteiger partial charge in [0.15, 0.2) is 0 Å². The van der Waals surface area contributed by atoms with Gasteiger partial charge >= 0.3 is 5.97 Å². The third kappa shape index (κ3) is 4.35. The Morgan fingerprint density at radius 2 is 1.78 bits per heavy atom. The third-order valence-corrected chi connectivity index (χ3v) is 5.50. The van der Waals surface area contributed by atoms with Gasteiger partial charge in [-0.05, 0) is 31.0 Å². The van der Waals surface area contributed by atoms with Crippen LogP contribution in [0, 0.1) is 5.92 Å². The molecule has 1 aliphatic carbocycles. The number of esters is 1. The summed E-state index contributed by atoms with van der Waals surface area (Å²) in [4.78, 5) is 12.5. The van der Waals surface area contributed by atoms with Crippen LogP contribution in [0.5, 0.6) is 0 Å². The molecule has 3 heteroatoms. The Morgan fingerprint density at radius 3 is 2.48 bits per heavy atom. The van der Waals surface area contributed by atoms with E-state index in [1.807, 2.05) is 18.2 Å². The molecular weight excluding hydrogens is 286 g/mol. The van der Waals surface area contributed by atoms with E-state index < -0.39 is 5.60 Å². The Hall–Kier alpha value is -1.35. The highest BCUT2D eigenvalue weighted by atomic mass is 16.6. The molecule has 1 heterocycles. The van der Waals surface area contributed by atoms with Crippen LogP contribution >= 0.6 is 0 Å². The van der Waals surface area contributed by atoms with Crippen molar-refractivity contribution in [3.63, 3.8) is 0 Å². The molecule has 1 saturated heterocycles. The maximum absolute atomic E-state index is 12.5. The Balaban J connectivity index is 1.60. The summed E-state index contributed by atoms with van der Waals surface area (Å²) < 4.78 is 6.08. The van der Waals surface area contributed by atoms with Crippen LogP contribution in [0.1, 0.15) is 63.4 Å². The lowest BCUT2D eigenvalue weighted by Crippen LogP contribution is -2.43. The number of carbonyl (C=O) groups is 1. The van der Waals surface area contributed by atoms with Crippen LogP contribution in [0.25, 0.3) is 0 Å². The molecule has 0 amide bonds. The molecule has 0 bridgehead atoms. The van der Waals surface area contributed by atoms with Crippen LogP contribution in [0.15, 0.2) is 30.3 Å². The number of piperidine rings is 1. The zero-order valence-corrected chi connectivity index (χ0v) is 14.1. The summed E-state index contributed by atoms with van der Waals surface area (Å²) in [6.45, 7) is 1.82. The van der Waals surface area contributed by atoms with Crippen LogP contribution in [0.3, 0.4) is 0 Å². The van der Waals surface area contributed by atoms with E-state index in [1.54, 1.807) is 0 Å². The Morgan fingerprint density at radius 1 is 1.09 bits per heavy atom. The standard InChI is InChI=1S/C20H29NO2/c22-19(12-11-17-7-3-1-4-8-17)23-20(13-15-21-16-14-20)18-9-5-2-6-10-18/h2,5-6,9-10,17,21H,1,3-4,7-8,11-16H2. The van der Waals surface area contributed by atoms with E-state index in [1.165, 1.54) is 32.1 Å². The van der Waals surface area contributed by atoms with Crippen LogP contribution in [0.4, 0.5) is 0 Å². The second-order valence-corrected chi connectivity index (χ2v) is 7.13. The number of benzene rings is 1. The molecule has 0 aromatic heterocycles. The van der Waals surface area contributed by atoms with Crippen molar-refractivity contribution < 1.29 is 9.53 Å². The van der Waals surface area contributed by atoms with Crippen molar-refractivity contribution >= 4 is 5.97 Å². The summed E-state index contributed by atoms with van der Waals surface area (Å²) in [6.07, 6.45) is 9.93. The number of ether oxygens (including phenoxy) is 1. The quantitative estimate of drug-likeness (QED) is 0.829. The maximum atomic E-state index is 12.5. The van der Waals surface area contributed by atoms with Crippen LogP contribution in [-0.4, -0.2) is 19.1 Å². The molecule has 0 radical (unpaired) electrons. The fourth-order valence-electron chi connectivity index (χ4n) is 4.09. The van der Waals surface area contributed by atoms with Crippen molar-refractivity contribution in [2.24, 2.45) is 5.92 Å². The molecule has 1 aromatic carbocycles. The molecule has 2 fully saturated rings. The second kappa shape index (κ2) is 7.96. The van der Waals surface area contributed by atoms with Gasteiger partial charge in [0.1, 0.15) is 5.60 Å². The lowest BCUT2D eigenvalue weighted by molar-refractivity contribution is -0.164. The smallest absolute Gasteiger partial charge is 0.306 e. The van der Waals surface area contributed by atoms with E-state index >= 15 is 0 Å². The molecular formula is C20H29NO2. The van der Waals surface area contributed by atoms with Gasteiger partial charge in [0.2, 0.25) is 0 Å². The highest BCUT2D eigenvalue weighted by Crippen LogP contribution is 2.36.